The first-order valence-electron chi connectivity index (χ1n) is 7.26. The van der Waals surface area contributed by atoms with Crippen LogP contribution in [0.3, 0.4) is 0 Å². The first kappa shape index (κ1) is 16.9. The van der Waals surface area contributed by atoms with Gasteiger partial charge in [-0.1, -0.05) is 20.3 Å². The fourth-order valence-electron chi connectivity index (χ4n) is 3.17. The van der Waals surface area contributed by atoms with Crippen LogP contribution in [0.25, 0.3) is 0 Å². The van der Waals surface area contributed by atoms with Gasteiger partial charge < -0.3 is 16.0 Å². The third-order valence-corrected chi connectivity index (χ3v) is 6.11. The number of nitrogens with zero attached hydrogens (tertiary/aromatic N) is 1. The predicted molar refractivity (Wildman–Crippen MR) is 80.1 cm³/mol. The zero-order valence-electron chi connectivity index (χ0n) is 12.5. The number of nitrogens with two attached hydrogens (primary N) is 1. The fourth-order valence-corrected chi connectivity index (χ4v) is 4.89. The monoisotopic (exact) mass is 291 g/mol. The summed E-state index contributed by atoms with van der Waals surface area (Å²) in [6.45, 7) is 8.43. The Kier molecular flexibility index (Phi) is 6.23. The molecule has 1 aliphatic carbocycles. The van der Waals surface area contributed by atoms with Gasteiger partial charge >= 0.3 is 0 Å². The van der Waals surface area contributed by atoms with Gasteiger partial charge in [0.25, 0.3) is 0 Å². The van der Waals surface area contributed by atoms with E-state index < -0.39 is 15.4 Å². The fraction of sp³-hybridized carbons (Fsp3) is 1.00. The Morgan fingerprint density at radius 1 is 1.37 bits per heavy atom. The van der Waals surface area contributed by atoms with Crippen molar-refractivity contribution in [1.29, 1.82) is 0 Å². The van der Waals surface area contributed by atoms with Gasteiger partial charge in [0.05, 0.1) is 5.25 Å². The van der Waals surface area contributed by atoms with E-state index in [4.69, 9.17) is 5.73 Å². The average molecular weight is 291 g/mol. The van der Waals surface area contributed by atoms with Crippen LogP contribution in [0.15, 0.2) is 0 Å². The van der Waals surface area contributed by atoms with Gasteiger partial charge in [0.15, 0.2) is 9.84 Å². The summed E-state index contributed by atoms with van der Waals surface area (Å²) in [6, 6.07) is 0. The topological polar surface area (TPSA) is 75.4 Å². The van der Waals surface area contributed by atoms with Crippen molar-refractivity contribution < 1.29 is 8.42 Å². The molecule has 5 nitrogen and oxygen atoms in total. The van der Waals surface area contributed by atoms with Crippen molar-refractivity contribution in [2.75, 3.05) is 39.0 Å². The molecule has 0 saturated heterocycles. The van der Waals surface area contributed by atoms with Gasteiger partial charge in [-0.2, -0.15) is 0 Å². The summed E-state index contributed by atoms with van der Waals surface area (Å²) in [6.07, 6.45) is 3.86. The maximum absolute atomic E-state index is 11.9. The van der Waals surface area contributed by atoms with Crippen LogP contribution in [-0.2, 0) is 9.84 Å². The summed E-state index contributed by atoms with van der Waals surface area (Å²) in [5.41, 5.74) is 5.48. The molecule has 0 spiro atoms. The minimum Gasteiger partial charge on any atom is -0.329 e. The molecule has 1 rings (SSSR count). The van der Waals surface area contributed by atoms with Gasteiger partial charge in [0, 0.05) is 31.4 Å². The molecule has 0 aromatic carbocycles. The maximum atomic E-state index is 11.9. The van der Waals surface area contributed by atoms with Gasteiger partial charge in [0.2, 0.25) is 0 Å². The number of hydrogen-bond acceptors (Lipinski definition) is 5. The number of hydrogen-bond donors (Lipinski definition) is 2. The van der Waals surface area contributed by atoms with E-state index in [1.807, 2.05) is 0 Å². The standard InChI is InChI=1S/C13H29N3O2S/c1-4-16(5-2)10-9-15-13(11-14)8-6-7-12(13)19(3,17)18/h12,15H,4-11,14H2,1-3H3. The second kappa shape index (κ2) is 7.02. The Bertz CT molecular complexity index is 368. The predicted octanol–water partition coefficient (Wildman–Crippen LogP) is 0.212. The van der Waals surface area contributed by atoms with Crippen molar-refractivity contribution in [2.45, 2.75) is 43.9 Å². The number of sulfone groups is 1. The normalized spacial score (nSPS) is 28.2. The molecule has 0 aromatic heterocycles. The highest BCUT2D eigenvalue weighted by Gasteiger charge is 2.46. The summed E-state index contributed by atoms with van der Waals surface area (Å²) >= 11 is 0. The van der Waals surface area contributed by atoms with Crippen molar-refractivity contribution >= 4 is 9.84 Å². The summed E-state index contributed by atoms with van der Waals surface area (Å²) in [5, 5.41) is 3.12. The molecule has 0 bridgehead atoms. The molecule has 0 radical (unpaired) electrons. The Morgan fingerprint density at radius 3 is 2.47 bits per heavy atom. The smallest absolute Gasteiger partial charge is 0.152 e. The van der Waals surface area contributed by atoms with Gasteiger partial charge in [-0.25, -0.2) is 8.42 Å². The minimum atomic E-state index is -3.04. The molecule has 2 atom stereocenters. The number of nitrogens with one attached hydrogen (secondary N) is 1. The lowest BCUT2D eigenvalue weighted by molar-refractivity contribution is 0.269. The van der Waals surface area contributed by atoms with Crippen LogP contribution in [0.5, 0.6) is 0 Å². The Morgan fingerprint density at radius 2 is 2.00 bits per heavy atom. The maximum Gasteiger partial charge on any atom is 0.152 e. The Hall–Kier alpha value is -0.170. The van der Waals surface area contributed by atoms with E-state index >= 15 is 0 Å². The van der Waals surface area contributed by atoms with E-state index in [9.17, 15) is 8.42 Å². The molecule has 0 aliphatic heterocycles. The van der Waals surface area contributed by atoms with Crippen LogP contribution >= 0.6 is 0 Å². The SMILES string of the molecule is CCN(CC)CCNC1(CN)CCCC1S(C)(=O)=O. The molecule has 1 aliphatic rings. The van der Waals surface area contributed by atoms with Crippen molar-refractivity contribution in [3.8, 4) is 0 Å². The molecule has 6 heteroatoms. The molecule has 1 fully saturated rings. The van der Waals surface area contributed by atoms with E-state index in [1.54, 1.807) is 0 Å². The molecule has 1 saturated carbocycles. The van der Waals surface area contributed by atoms with Gasteiger partial charge in [0.1, 0.15) is 0 Å². The second-order valence-corrected chi connectivity index (χ2v) is 7.75. The summed E-state index contributed by atoms with van der Waals surface area (Å²) < 4.78 is 23.8. The first-order chi connectivity index (χ1) is 8.89. The van der Waals surface area contributed by atoms with E-state index in [0.29, 0.717) is 6.54 Å². The molecular weight excluding hydrogens is 262 g/mol. The van der Waals surface area contributed by atoms with Crippen LogP contribution in [0.2, 0.25) is 0 Å². The quantitative estimate of drug-likeness (QED) is 0.669. The van der Waals surface area contributed by atoms with E-state index in [0.717, 1.165) is 45.4 Å². The summed E-state index contributed by atoms with van der Waals surface area (Å²) in [7, 11) is -3.04. The molecule has 114 valence electrons. The van der Waals surface area contributed by atoms with Crippen LogP contribution < -0.4 is 11.1 Å². The third-order valence-electron chi connectivity index (χ3n) is 4.39. The van der Waals surface area contributed by atoms with Crippen molar-refractivity contribution in [2.24, 2.45) is 5.73 Å². The van der Waals surface area contributed by atoms with E-state index in [1.165, 1.54) is 6.26 Å². The highest BCUT2D eigenvalue weighted by molar-refractivity contribution is 7.91. The van der Waals surface area contributed by atoms with E-state index in [2.05, 4.69) is 24.1 Å². The molecule has 2 unspecified atom stereocenters. The van der Waals surface area contributed by atoms with Crippen LogP contribution in [0.1, 0.15) is 33.1 Å². The van der Waals surface area contributed by atoms with Gasteiger partial charge in [-0.05, 0) is 25.9 Å². The Balaban J connectivity index is 2.65. The van der Waals surface area contributed by atoms with Gasteiger partial charge in [-0.3, -0.25) is 0 Å². The molecule has 0 aromatic rings. The van der Waals surface area contributed by atoms with Crippen LogP contribution in [0, 0.1) is 0 Å². The second-order valence-electron chi connectivity index (χ2n) is 5.52. The third kappa shape index (κ3) is 4.15. The van der Waals surface area contributed by atoms with E-state index in [-0.39, 0.29) is 5.25 Å². The largest absolute Gasteiger partial charge is 0.329 e. The lowest BCUT2D eigenvalue weighted by atomic mass is 9.97. The van der Waals surface area contributed by atoms with Gasteiger partial charge in [-0.15, -0.1) is 0 Å². The van der Waals surface area contributed by atoms with Crippen LogP contribution in [-0.4, -0.2) is 63.1 Å². The Labute approximate surface area is 117 Å². The van der Waals surface area contributed by atoms with Crippen LogP contribution in [0.4, 0.5) is 0 Å². The number of rotatable bonds is 8. The average Bonchev–Trinajstić information content (AvgIpc) is 2.79. The highest BCUT2D eigenvalue weighted by atomic mass is 32.2. The van der Waals surface area contributed by atoms with Crippen molar-refractivity contribution in [3.63, 3.8) is 0 Å². The number of likely N-dealkylation sites (N-methyl/N-ethyl adjacent to an activating group) is 1. The lowest BCUT2D eigenvalue weighted by Crippen LogP contribution is -2.59. The summed E-state index contributed by atoms with van der Waals surface area (Å²) in [5.74, 6) is 0. The molecule has 0 amide bonds. The zero-order chi connectivity index (χ0) is 14.5. The molecule has 0 heterocycles. The highest BCUT2D eigenvalue weighted by Crippen LogP contribution is 2.34. The summed E-state index contributed by atoms with van der Waals surface area (Å²) in [4.78, 5) is 2.32. The lowest BCUT2D eigenvalue weighted by Gasteiger charge is -2.35. The molecular formula is C13H29N3O2S. The van der Waals surface area contributed by atoms with Crippen molar-refractivity contribution in [3.05, 3.63) is 0 Å². The molecule has 3 N–H and O–H groups in total. The minimum absolute atomic E-state index is 0.332. The zero-order valence-corrected chi connectivity index (χ0v) is 13.3. The first-order valence-corrected chi connectivity index (χ1v) is 9.21. The van der Waals surface area contributed by atoms with Crippen molar-refractivity contribution in [1.82, 2.24) is 10.2 Å². The molecule has 19 heavy (non-hydrogen) atoms.